The second-order valence-electron chi connectivity index (χ2n) is 8.39. The van der Waals surface area contributed by atoms with Gasteiger partial charge in [0.25, 0.3) is 5.91 Å². The Morgan fingerprint density at radius 3 is 2.25 bits per heavy atom. The predicted octanol–water partition coefficient (Wildman–Crippen LogP) is 5.73. The smallest absolute Gasteiger partial charge is 0.340 e. The number of hydrogen-bond acceptors (Lipinski definition) is 3. The van der Waals surface area contributed by atoms with Gasteiger partial charge in [-0.05, 0) is 64.9 Å². The third-order valence-corrected chi connectivity index (χ3v) is 6.31. The molecule has 5 rings (SSSR count). The zero-order valence-corrected chi connectivity index (χ0v) is 18.0. The lowest BCUT2D eigenvalue weighted by Gasteiger charge is -2.27. The number of fused-ring (bicyclic) bond motifs is 3. The van der Waals surface area contributed by atoms with E-state index in [0.29, 0.717) is 5.56 Å². The first-order valence-electron chi connectivity index (χ1n) is 11.1. The van der Waals surface area contributed by atoms with Crippen LogP contribution in [0, 0.1) is 0 Å². The van der Waals surface area contributed by atoms with Gasteiger partial charge in [0, 0.05) is 0 Å². The minimum atomic E-state index is -0.894. The van der Waals surface area contributed by atoms with Crippen LogP contribution in [0.1, 0.15) is 47.3 Å². The molecule has 1 N–H and O–H groups in total. The van der Waals surface area contributed by atoms with Gasteiger partial charge in [0.05, 0.1) is 11.6 Å². The van der Waals surface area contributed by atoms with Crippen LogP contribution in [0.2, 0.25) is 0 Å². The third kappa shape index (κ3) is 3.73. The summed E-state index contributed by atoms with van der Waals surface area (Å²) in [7, 11) is 0. The molecule has 2 atom stereocenters. The largest absolute Gasteiger partial charge is 0.449 e. The summed E-state index contributed by atoms with van der Waals surface area (Å²) in [5, 5.41) is 6.67. The van der Waals surface area contributed by atoms with Crippen molar-refractivity contribution in [1.82, 2.24) is 5.32 Å². The minimum absolute atomic E-state index is 0.0491. The van der Waals surface area contributed by atoms with Gasteiger partial charge >= 0.3 is 5.97 Å². The Morgan fingerprint density at radius 2 is 1.53 bits per heavy atom. The highest BCUT2D eigenvalue weighted by molar-refractivity contribution is 6.16. The Balaban J connectivity index is 1.39. The monoisotopic (exact) mass is 423 g/mol. The van der Waals surface area contributed by atoms with Crippen molar-refractivity contribution in [2.24, 2.45) is 0 Å². The molecule has 0 heterocycles. The second kappa shape index (κ2) is 8.46. The topological polar surface area (TPSA) is 55.4 Å². The van der Waals surface area contributed by atoms with Gasteiger partial charge in [0.2, 0.25) is 0 Å². The van der Waals surface area contributed by atoms with Crippen molar-refractivity contribution in [1.29, 1.82) is 0 Å². The molecule has 0 aliphatic heterocycles. The lowest BCUT2D eigenvalue weighted by Crippen LogP contribution is -2.39. The van der Waals surface area contributed by atoms with Crippen LogP contribution in [0.25, 0.3) is 21.5 Å². The van der Waals surface area contributed by atoms with Crippen LogP contribution < -0.4 is 5.32 Å². The zero-order valence-electron chi connectivity index (χ0n) is 18.0. The van der Waals surface area contributed by atoms with Crippen LogP contribution in [0.15, 0.2) is 78.9 Å². The molecule has 0 fully saturated rings. The number of carbonyl (C=O) groups is 2. The van der Waals surface area contributed by atoms with Gasteiger partial charge < -0.3 is 10.1 Å². The number of benzene rings is 4. The molecule has 4 heteroatoms. The molecule has 4 aromatic rings. The van der Waals surface area contributed by atoms with Crippen molar-refractivity contribution in [2.45, 2.75) is 38.3 Å². The SMILES string of the molecule is C[C@@H](OC(=O)c1c2ccccc2cc2ccccc12)C(=O)N[C@H]1CCCc2ccccc21. The van der Waals surface area contributed by atoms with Gasteiger partial charge in [-0.2, -0.15) is 0 Å². The third-order valence-electron chi connectivity index (χ3n) is 6.31. The fourth-order valence-corrected chi connectivity index (χ4v) is 4.70. The predicted molar refractivity (Wildman–Crippen MR) is 127 cm³/mol. The number of aryl methyl sites for hydroxylation is 1. The van der Waals surface area contributed by atoms with Crippen LogP contribution in [0.3, 0.4) is 0 Å². The summed E-state index contributed by atoms with van der Waals surface area (Å²) >= 11 is 0. The summed E-state index contributed by atoms with van der Waals surface area (Å²) in [6, 6.07) is 25.7. The Morgan fingerprint density at radius 1 is 0.906 bits per heavy atom. The van der Waals surface area contributed by atoms with Gasteiger partial charge in [0.15, 0.2) is 6.10 Å². The molecule has 0 unspecified atom stereocenters. The first-order valence-corrected chi connectivity index (χ1v) is 11.1. The molecule has 0 bridgehead atoms. The molecule has 0 radical (unpaired) electrons. The highest BCUT2D eigenvalue weighted by Crippen LogP contribution is 2.31. The number of nitrogens with one attached hydrogen (secondary N) is 1. The summed E-state index contributed by atoms with van der Waals surface area (Å²) in [6.07, 6.45) is 2.05. The van der Waals surface area contributed by atoms with Crippen LogP contribution in [0.5, 0.6) is 0 Å². The first kappa shape index (κ1) is 20.3. The number of rotatable bonds is 4. The lowest BCUT2D eigenvalue weighted by atomic mass is 9.87. The average molecular weight is 424 g/mol. The summed E-state index contributed by atoms with van der Waals surface area (Å²) in [5.41, 5.74) is 2.93. The molecule has 1 amide bonds. The van der Waals surface area contributed by atoms with Crippen LogP contribution in [-0.2, 0) is 16.0 Å². The van der Waals surface area contributed by atoms with Crippen molar-refractivity contribution in [3.63, 3.8) is 0 Å². The van der Waals surface area contributed by atoms with Crippen molar-refractivity contribution in [2.75, 3.05) is 0 Å². The van der Waals surface area contributed by atoms with E-state index < -0.39 is 12.1 Å². The summed E-state index contributed by atoms with van der Waals surface area (Å²) in [5.74, 6) is -0.755. The van der Waals surface area contributed by atoms with E-state index in [1.807, 2.05) is 60.7 Å². The van der Waals surface area contributed by atoms with Crippen LogP contribution in [-0.4, -0.2) is 18.0 Å². The van der Waals surface area contributed by atoms with Gasteiger partial charge in [-0.3, -0.25) is 4.79 Å². The van der Waals surface area contributed by atoms with Crippen molar-refractivity contribution in [3.05, 3.63) is 95.6 Å². The molecule has 160 valence electrons. The minimum Gasteiger partial charge on any atom is -0.449 e. The lowest BCUT2D eigenvalue weighted by molar-refractivity contribution is -0.130. The molecule has 32 heavy (non-hydrogen) atoms. The maximum Gasteiger partial charge on any atom is 0.340 e. The second-order valence-corrected chi connectivity index (χ2v) is 8.39. The first-order chi connectivity index (χ1) is 15.6. The molecular weight excluding hydrogens is 398 g/mol. The summed E-state index contributed by atoms with van der Waals surface area (Å²) in [6.45, 7) is 1.63. The van der Waals surface area contributed by atoms with E-state index in [2.05, 4.69) is 23.5 Å². The average Bonchev–Trinajstić information content (AvgIpc) is 2.82. The van der Waals surface area contributed by atoms with E-state index in [1.54, 1.807) is 6.92 Å². The van der Waals surface area contributed by atoms with E-state index >= 15 is 0 Å². The van der Waals surface area contributed by atoms with Gasteiger partial charge in [-0.25, -0.2) is 4.79 Å². The van der Waals surface area contributed by atoms with Crippen LogP contribution in [0.4, 0.5) is 0 Å². The highest BCUT2D eigenvalue weighted by Gasteiger charge is 2.26. The summed E-state index contributed by atoms with van der Waals surface area (Å²) in [4.78, 5) is 26.2. The quantitative estimate of drug-likeness (QED) is 0.337. The van der Waals surface area contributed by atoms with E-state index in [4.69, 9.17) is 4.74 Å². The number of amides is 1. The Hall–Kier alpha value is -3.66. The van der Waals surface area contributed by atoms with Crippen molar-refractivity contribution in [3.8, 4) is 0 Å². The molecule has 0 saturated carbocycles. The van der Waals surface area contributed by atoms with Crippen LogP contribution >= 0.6 is 0 Å². The molecule has 1 aliphatic carbocycles. The Kier molecular flexibility index (Phi) is 5.36. The number of carbonyl (C=O) groups excluding carboxylic acids is 2. The fraction of sp³-hybridized carbons (Fsp3) is 0.214. The molecule has 0 saturated heterocycles. The van der Waals surface area contributed by atoms with Gasteiger partial charge in [-0.15, -0.1) is 0 Å². The van der Waals surface area contributed by atoms with Crippen molar-refractivity contribution >= 4 is 33.4 Å². The maximum absolute atomic E-state index is 13.3. The van der Waals surface area contributed by atoms with E-state index in [0.717, 1.165) is 46.4 Å². The maximum atomic E-state index is 13.3. The molecule has 0 aromatic heterocycles. The fourth-order valence-electron chi connectivity index (χ4n) is 4.70. The summed E-state index contributed by atoms with van der Waals surface area (Å²) < 4.78 is 5.69. The Bertz CT molecular complexity index is 1270. The number of esters is 1. The number of hydrogen-bond donors (Lipinski definition) is 1. The highest BCUT2D eigenvalue weighted by atomic mass is 16.5. The van der Waals surface area contributed by atoms with Crippen molar-refractivity contribution < 1.29 is 14.3 Å². The van der Waals surface area contributed by atoms with E-state index in [1.165, 1.54) is 5.56 Å². The zero-order chi connectivity index (χ0) is 22.1. The Labute approximate surface area is 187 Å². The van der Waals surface area contributed by atoms with E-state index in [9.17, 15) is 9.59 Å². The van der Waals surface area contributed by atoms with E-state index in [-0.39, 0.29) is 11.9 Å². The molecular formula is C28H25NO3. The molecule has 4 aromatic carbocycles. The number of ether oxygens (including phenoxy) is 1. The standard InChI is InChI=1S/C28H25NO3/c1-18(27(30)29-25-16-8-12-19-9-2-5-13-22(19)25)32-28(31)26-23-14-6-3-10-20(23)17-21-11-4-7-15-24(21)26/h2-7,9-11,13-15,17-18,25H,8,12,16H2,1H3,(H,29,30)/t18-,25+/m1/s1. The van der Waals surface area contributed by atoms with Gasteiger partial charge in [-0.1, -0.05) is 72.8 Å². The normalized spacial score (nSPS) is 16.3. The molecule has 0 spiro atoms. The molecule has 4 nitrogen and oxygen atoms in total. The molecule has 1 aliphatic rings. The van der Waals surface area contributed by atoms with Gasteiger partial charge in [0.1, 0.15) is 0 Å².